The summed E-state index contributed by atoms with van der Waals surface area (Å²) in [4.78, 5) is 54.0. The smallest absolute Gasteiger partial charge is 0.333 e. The summed E-state index contributed by atoms with van der Waals surface area (Å²) in [6.45, 7) is 16.4. The summed E-state index contributed by atoms with van der Waals surface area (Å²) < 4.78 is 66.4. The number of halogens is 2. The standard InChI is InChI=1S/C74H84F2O10S2/c1-47(2)71(77)83-41-17-13-9-7-11-15-39-81-59-33-27-53(28-34-59)51-19-23-55(24-20-51)73(79)85-67-63-45-65(61-37-31-57(75)43-49(61)5)88-70(63)68(64-46-66(87-69(64)67)62-38-32-58(76)44-50(62)6)86-74(80)56-25-21-52(22-26-56)54-29-35-60(36-30-54)82-40-16-12-8-10-14-18-42-84-72(78)48(3)4/h27-38,43-46,51-52,55-56H,1,3,7-26,39-42H2,2,4-6H3. The molecule has 7 aromatic rings. The molecule has 2 aliphatic rings. The van der Waals surface area contributed by atoms with Gasteiger partial charge in [-0.05, 0) is 211 Å². The Bertz CT molecular complexity index is 3260. The maximum Gasteiger partial charge on any atom is 0.333 e. The zero-order chi connectivity index (χ0) is 62.1. The Morgan fingerprint density at radius 1 is 0.455 bits per heavy atom. The van der Waals surface area contributed by atoms with Gasteiger partial charge < -0.3 is 28.4 Å². The van der Waals surface area contributed by atoms with Crippen molar-refractivity contribution in [3.8, 4) is 43.9 Å². The molecule has 14 heteroatoms. The van der Waals surface area contributed by atoms with Crippen LogP contribution in [0.15, 0.2) is 121 Å². The number of carbonyl (C=O) groups excluding carboxylic acids is 4. The Labute approximate surface area is 525 Å². The number of ether oxygens (including phenoxy) is 6. The Balaban J connectivity index is 0.843. The van der Waals surface area contributed by atoms with E-state index in [-0.39, 0.29) is 59.2 Å². The summed E-state index contributed by atoms with van der Waals surface area (Å²) >= 11 is 2.85. The van der Waals surface area contributed by atoms with E-state index >= 15 is 0 Å². The fourth-order valence-corrected chi connectivity index (χ4v) is 14.6. The van der Waals surface area contributed by atoms with Crippen molar-refractivity contribution < 1.29 is 56.4 Å². The zero-order valence-corrected chi connectivity index (χ0v) is 53.2. The van der Waals surface area contributed by atoms with Gasteiger partial charge >= 0.3 is 23.9 Å². The van der Waals surface area contributed by atoms with Crippen LogP contribution in [-0.4, -0.2) is 50.3 Å². The summed E-state index contributed by atoms with van der Waals surface area (Å²) in [6, 6.07) is 30.1. The highest BCUT2D eigenvalue weighted by Gasteiger charge is 2.34. The third kappa shape index (κ3) is 17.6. The summed E-state index contributed by atoms with van der Waals surface area (Å²) in [5, 5.41) is 1.26. The van der Waals surface area contributed by atoms with Gasteiger partial charge in [0.15, 0.2) is 11.5 Å². The van der Waals surface area contributed by atoms with Crippen molar-refractivity contribution in [3.05, 3.63) is 155 Å². The summed E-state index contributed by atoms with van der Waals surface area (Å²) in [6.07, 6.45) is 18.1. The minimum absolute atomic E-state index is 0.289. The molecule has 0 spiro atoms. The maximum atomic E-state index is 14.7. The molecule has 5 aromatic carbocycles. The molecule has 2 aromatic heterocycles. The van der Waals surface area contributed by atoms with Crippen molar-refractivity contribution >= 4 is 66.7 Å². The van der Waals surface area contributed by atoms with Crippen LogP contribution >= 0.6 is 22.7 Å². The Morgan fingerprint density at radius 3 is 1.14 bits per heavy atom. The molecule has 2 heterocycles. The number of benzene rings is 5. The van der Waals surface area contributed by atoms with E-state index in [0.29, 0.717) is 94.9 Å². The van der Waals surface area contributed by atoms with Gasteiger partial charge in [-0.25, -0.2) is 18.4 Å². The Hall–Kier alpha value is -7.16. The second-order valence-electron chi connectivity index (χ2n) is 24.1. The van der Waals surface area contributed by atoms with E-state index in [1.807, 2.05) is 50.2 Å². The minimum atomic E-state index is -0.343. The quantitative estimate of drug-likeness (QED) is 0.0186. The van der Waals surface area contributed by atoms with Gasteiger partial charge in [-0.2, -0.15) is 0 Å². The lowest BCUT2D eigenvalue weighted by Gasteiger charge is -2.28. The maximum absolute atomic E-state index is 14.7. The first-order valence-corrected chi connectivity index (χ1v) is 33.3. The van der Waals surface area contributed by atoms with E-state index in [2.05, 4.69) is 37.4 Å². The van der Waals surface area contributed by atoms with Crippen molar-refractivity contribution in [1.82, 2.24) is 0 Å². The van der Waals surface area contributed by atoms with Crippen LogP contribution in [0.4, 0.5) is 8.78 Å². The van der Waals surface area contributed by atoms with Gasteiger partial charge in [0, 0.05) is 31.7 Å². The largest absolute Gasteiger partial charge is 0.494 e. The number of rotatable bonds is 30. The first-order chi connectivity index (χ1) is 42.6. The molecule has 88 heavy (non-hydrogen) atoms. The predicted molar refractivity (Wildman–Crippen MR) is 349 cm³/mol. The van der Waals surface area contributed by atoms with Gasteiger partial charge in [0.1, 0.15) is 23.1 Å². The van der Waals surface area contributed by atoms with Crippen molar-refractivity contribution in [2.45, 2.75) is 168 Å². The molecule has 0 atom stereocenters. The van der Waals surface area contributed by atoms with Crippen LogP contribution in [0, 0.1) is 37.3 Å². The molecule has 0 amide bonds. The van der Waals surface area contributed by atoms with Crippen molar-refractivity contribution in [2.24, 2.45) is 11.8 Å². The van der Waals surface area contributed by atoms with Crippen LogP contribution in [0.5, 0.6) is 23.0 Å². The highest BCUT2D eigenvalue weighted by Crippen LogP contribution is 2.54. The van der Waals surface area contributed by atoms with Crippen LogP contribution in [0.2, 0.25) is 0 Å². The van der Waals surface area contributed by atoms with Crippen LogP contribution in [-0.2, 0) is 28.7 Å². The van der Waals surface area contributed by atoms with E-state index in [1.165, 1.54) is 58.1 Å². The summed E-state index contributed by atoms with van der Waals surface area (Å²) in [7, 11) is 0. The normalized spacial score (nSPS) is 16.7. The average Bonchev–Trinajstić information content (AvgIpc) is 1.66. The Kier molecular flexibility index (Phi) is 23.6. The first-order valence-electron chi connectivity index (χ1n) is 31.7. The SMILES string of the molecule is C=C(C)C(=O)OCCCCCCCCOc1ccc(C2CCC(C(=O)Oc3c4cc(-c5ccc(F)cc5C)sc4c(OC(=O)C4CCC(c5ccc(OCCCCCCCCOC(=O)C(=C)C)cc5)CC4)c4cc(-c5ccc(F)cc5C)sc34)CC2)cc1. The van der Waals surface area contributed by atoms with Gasteiger partial charge in [0.05, 0.1) is 47.7 Å². The molecule has 0 N–H and O–H groups in total. The predicted octanol–water partition coefficient (Wildman–Crippen LogP) is 19.8. The van der Waals surface area contributed by atoms with E-state index in [0.717, 1.165) is 146 Å². The van der Waals surface area contributed by atoms with Gasteiger partial charge in [0.25, 0.3) is 0 Å². The molecular weight excluding hydrogens is 1150 g/mol. The number of fused-ring (bicyclic) bond motifs is 2. The highest BCUT2D eigenvalue weighted by atomic mass is 32.1. The van der Waals surface area contributed by atoms with Gasteiger partial charge in [0.2, 0.25) is 0 Å². The number of hydrogen-bond donors (Lipinski definition) is 0. The van der Waals surface area contributed by atoms with E-state index in [4.69, 9.17) is 28.4 Å². The van der Waals surface area contributed by atoms with Crippen LogP contribution in [0.1, 0.15) is 176 Å². The number of carbonyl (C=O) groups is 4. The third-order valence-corrected chi connectivity index (χ3v) is 19.6. The van der Waals surface area contributed by atoms with Crippen LogP contribution in [0.3, 0.4) is 0 Å². The summed E-state index contributed by atoms with van der Waals surface area (Å²) in [5.74, 6) is 0.407. The first kappa shape index (κ1) is 65.3. The lowest BCUT2D eigenvalue weighted by atomic mass is 9.79. The highest BCUT2D eigenvalue weighted by molar-refractivity contribution is 7.24. The average molecular weight is 1240 g/mol. The minimum Gasteiger partial charge on any atom is -0.494 e. The Morgan fingerprint density at radius 2 is 0.795 bits per heavy atom. The molecule has 0 saturated heterocycles. The van der Waals surface area contributed by atoms with Crippen LogP contribution < -0.4 is 18.9 Å². The molecule has 2 saturated carbocycles. The van der Waals surface area contributed by atoms with E-state index < -0.39 is 0 Å². The number of thiophene rings is 2. The van der Waals surface area contributed by atoms with E-state index in [9.17, 15) is 28.0 Å². The van der Waals surface area contributed by atoms with Crippen LogP contribution in [0.25, 0.3) is 41.1 Å². The van der Waals surface area contributed by atoms with Gasteiger partial charge in [-0.15, -0.1) is 22.7 Å². The molecular formula is C74H84F2O10S2. The molecule has 0 unspecified atom stereocenters. The number of hydrogen-bond acceptors (Lipinski definition) is 12. The van der Waals surface area contributed by atoms with Crippen molar-refractivity contribution in [1.29, 1.82) is 0 Å². The molecule has 2 aliphatic carbocycles. The molecule has 466 valence electrons. The fraction of sp³-hybridized carbons (Fsp3) is 0.432. The summed E-state index contributed by atoms with van der Waals surface area (Å²) in [5.41, 5.74) is 6.42. The monoisotopic (exact) mass is 1230 g/mol. The molecule has 2 fully saturated rings. The van der Waals surface area contributed by atoms with E-state index in [1.54, 1.807) is 26.0 Å². The topological polar surface area (TPSA) is 124 Å². The van der Waals surface area contributed by atoms with Gasteiger partial charge in [-0.1, -0.05) is 101 Å². The van der Waals surface area contributed by atoms with Gasteiger partial charge in [-0.3, -0.25) is 9.59 Å². The zero-order valence-electron chi connectivity index (χ0n) is 51.6. The lowest BCUT2D eigenvalue weighted by Crippen LogP contribution is -2.25. The lowest BCUT2D eigenvalue weighted by molar-refractivity contribution is -0.140. The molecule has 0 radical (unpaired) electrons. The number of unbranched alkanes of at least 4 members (excludes halogenated alkanes) is 10. The fourth-order valence-electron chi connectivity index (χ4n) is 12.1. The third-order valence-electron chi connectivity index (χ3n) is 17.3. The molecule has 0 aliphatic heterocycles. The molecule has 0 bridgehead atoms. The molecule has 10 nitrogen and oxygen atoms in total. The number of aryl methyl sites for hydroxylation is 2. The number of esters is 4. The second kappa shape index (κ2) is 31.8. The van der Waals surface area contributed by atoms with Crippen molar-refractivity contribution in [3.63, 3.8) is 0 Å². The molecule has 9 rings (SSSR count). The van der Waals surface area contributed by atoms with Crippen molar-refractivity contribution in [2.75, 3.05) is 26.4 Å². The second-order valence-corrected chi connectivity index (χ2v) is 26.2.